The van der Waals surface area contributed by atoms with Gasteiger partial charge in [-0.05, 0) is 38.1 Å². The van der Waals surface area contributed by atoms with Gasteiger partial charge in [0.1, 0.15) is 11.4 Å². The molecule has 1 aliphatic rings. The summed E-state index contributed by atoms with van der Waals surface area (Å²) >= 11 is 2.28. The monoisotopic (exact) mass is 584 g/mol. The summed E-state index contributed by atoms with van der Waals surface area (Å²) in [5.74, 6) is -15.8. The van der Waals surface area contributed by atoms with E-state index in [1.807, 2.05) is 42.3 Å². The van der Waals surface area contributed by atoms with Crippen molar-refractivity contribution in [2.75, 3.05) is 42.3 Å². The van der Waals surface area contributed by atoms with Crippen molar-refractivity contribution in [1.82, 2.24) is 8.97 Å². The number of rotatable bonds is 4. The molecule has 2 aromatic carbocycles. The van der Waals surface area contributed by atoms with Gasteiger partial charge in [0.15, 0.2) is 0 Å². The molecule has 0 unspecified atom stereocenters. The number of halogens is 6. The zero-order valence-electron chi connectivity index (χ0n) is 22.9. The molecule has 0 saturated carbocycles. The zero-order chi connectivity index (χ0) is 29.1. The van der Waals surface area contributed by atoms with Gasteiger partial charge < -0.3 is 0 Å². The predicted octanol–water partition coefficient (Wildman–Crippen LogP) is 8.96. The van der Waals surface area contributed by atoms with E-state index in [1.54, 1.807) is 36.4 Å². The Morgan fingerprint density at radius 3 is 1.21 bits per heavy atom. The summed E-state index contributed by atoms with van der Waals surface area (Å²) in [6, 6.07) is 10.2. The summed E-state index contributed by atoms with van der Waals surface area (Å²) in [5.41, 5.74) is -1.30. The van der Waals surface area contributed by atoms with Crippen molar-refractivity contribution in [2.45, 2.75) is 31.6 Å². The van der Waals surface area contributed by atoms with Crippen molar-refractivity contribution >= 4 is 65.4 Å². The van der Waals surface area contributed by atoms with Crippen LogP contribution < -0.4 is 8.97 Å². The standard InChI is InChI=1S/C29H30F6N2S2/c1-15-23(19-11-9-17(36(3,4)5)13-21(19)38-15)25-26(28(32,33)29(34,35)27(25,30)31)24-16(2)39-22-14-18(37(6,7)8)10-12-20(22)24/h9-14H,1-8H3/q+2. The largest absolute Gasteiger partial charge is 0.380 e. The molecule has 2 nitrogen and oxygen atoms in total. The lowest BCUT2D eigenvalue weighted by Crippen LogP contribution is -2.48. The quantitative estimate of drug-likeness (QED) is 0.166. The Hall–Kier alpha value is -2.40. The van der Waals surface area contributed by atoms with Gasteiger partial charge in [0.2, 0.25) is 0 Å². The average molecular weight is 585 g/mol. The number of aryl methyl sites for hydroxylation is 2. The van der Waals surface area contributed by atoms with E-state index in [1.165, 1.54) is 13.8 Å². The number of benzene rings is 2. The van der Waals surface area contributed by atoms with Crippen molar-refractivity contribution < 1.29 is 26.3 Å². The molecule has 39 heavy (non-hydrogen) atoms. The Morgan fingerprint density at radius 1 is 0.564 bits per heavy atom. The fraction of sp³-hybridized carbons (Fsp3) is 0.379. The highest BCUT2D eigenvalue weighted by Crippen LogP contribution is 2.67. The SMILES string of the molecule is Cc1sc2cc([N+](C)(C)C)ccc2c1C1=C(c2c(C)sc3cc([N+](C)(C)C)ccc23)C(F)(F)C(F)(F)C1(F)F. The van der Waals surface area contributed by atoms with Crippen molar-refractivity contribution in [3.63, 3.8) is 0 Å². The predicted molar refractivity (Wildman–Crippen MR) is 154 cm³/mol. The first-order valence-corrected chi connectivity index (χ1v) is 13.9. The van der Waals surface area contributed by atoms with E-state index in [0.29, 0.717) is 18.4 Å². The first kappa shape index (κ1) is 28.1. The topological polar surface area (TPSA) is 0 Å². The summed E-state index contributed by atoms with van der Waals surface area (Å²) in [6.07, 6.45) is 0. The van der Waals surface area contributed by atoms with E-state index in [0.717, 1.165) is 34.0 Å². The van der Waals surface area contributed by atoms with E-state index in [-0.39, 0.29) is 31.7 Å². The van der Waals surface area contributed by atoms with Crippen LogP contribution in [0, 0.1) is 13.8 Å². The van der Waals surface area contributed by atoms with Crippen LogP contribution >= 0.6 is 22.7 Å². The fourth-order valence-corrected chi connectivity index (χ4v) is 7.47. The van der Waals surface area contributed by atoms with E-state index in [2.05, 4.69) is 0 Å². The first-order chi connectivity index (χ1) is 17.7. The molecule has 208 valence electrons. The second-order valence-corrected chi connectivity index (χ2v) is 14.4. The van der Waals surface area contributed by atoms with Gasteiger partial charge in [-0.15, -0.1) is 22.7 Å². The van der Waals surface area contributed by atoms with Crippen LogP contribution in [0.2, 0.25) is 0 Å². The number of quaternary nitrogens is 2. The summed E-state index contributed by atoms with van der Waals surface area (Å²) in [5, 5.41) is 0.528. The first-order valence-electron chi connectivity index (χ1n) is 12.3. The highest BCUT2D eigenvalue weighted by Gasteiger charge is 2.80. The molecule has 0 saturated heterocycles. The van der Waals surface area contributed by atoms with Crippen LogP contribution in [0.15, 0.2) is 36.4 Å². The lowest BCUT2D eigenvalue weighted by molar-refractivity contribution is -0.254. The van der Waals surface area contributed by atoms with Crippen molar-refractivity contribution in [3.05, 3.63) is 57.3 Å². The lowest BCUT2D eigenvalue weighted by Gasteiger charge is -2.26. The van der Waals surface area contributed by atoms with Gasteiger partial charge in [-0.25, -0.2) is 0 Å². The van der Waals surface area contributed by atoms with Crippen LogP contribution in [0.5, 0.6) is 0 Å². The van der Waals surface area contributed by atoms with E-state index >= 15 is 26.3 Å². The molecule has 1 aliphatic carbocycles. The highest BCUT2D eigenvalue weighted by atomic mass is 32.1. The van der Waals surface area contributed by atoms with Crippen LogP contribution in [0.1, 0.15) is 20.9 Å². The van der Waals surface area contributed by atoms with Gasteiger partial charge >= 0.3 is 17.8 Å². The Balaban J connectivity index is 1.90. The maximum atomic E-state index is 15.7. The van der Waals surface area contributed by atoms with Gasteiger partial charge in [0.05, 0.1) is 42.3 Å². The summed E-state index contributed by atoms with van der Waals surface area (Å²) in [4.78, 5) is 0.572. The van der Waals surface area contributed by atoms with E-state index < -0.39 is 28.9 Å². The molecule has 0 fully saturated rings. The normalized spacial score (nSPS) is 19.0. The molecule has 0 amide bonds. The molecule has 4 aromatic rings. The molecule has 0 radical (unpaired) electrons. The molecule has 0 bridgehead atoms. The number of hydrogen-bond donors (Lipinski definition) is 0. The number of hydrogen-bond acceptors (Lipinski definition) is 2. The molecule has 2 heterocycles. The van der Waals surface area contributed by atoms with Crippen LogP contribution in [-0.2, 0) is 0 Å². The molecule has 0 N–H and O–H groups in total. The third-order valence-corrected chi connectivity index (χ3v) is 9.55. The Morgan fingerprint density at radius 2 is 0.897 bits per heavy atom. The molecule has 5 rings (SSSR count). The summed E-state index contributed by atoms with van der Waals surface area (Å²) < 4.78 is 95.3. The Labute approximate surface area is 231 Å². The summed E-state index contributed by atoms with van der Waals surface area (Å²) in [7, 11) is 11.6. The van der Waals surface area contributed by atoms with Gasteiger partial charge in [-0.2, -0.15) is 26.3 Å². The smallest absolute Gasteiger partial charge is 0.298 e. The average Bonchev–Trinajstić information content (AvgIpc) is 3.32. The van der Waals surface area contributed by atoms with Crippen molar-refractivity contribution in [1.29, 1.82) is 0 Å². The minimum atomic E-state index is -5.60. The third kappa shape index (κ3) is 3.89. The lowest BCUT2D eigenvalue weighted by atomic mass is 9.91. The molecule has 0 spiro atoms. The zero-order valence-corrected chi connectivity index (χ0v) is 24.6. The highest BCUT2D eigenvalue weighted by molar-refractivity contribution is 7.19. The number of fused-ring (bicyclic) bond motifs is 2. The Bertz CT molecular complexity index is 1560. The van der Waals surface area contributed by atoms with Gasteiger partial charge in [-0.3, -0.25) is 8.97 Å². The van der Waals surface area contributed by atoms with E-state index in [9.17, 15) is 0 Å². The molecule has 0 aliphatic heterocycles. The molecule has 2 aromatic heterocycles. The van der Waals surface area contributed by atoms with Crippen LogP contribution in [0.3, 0.4) is 0 Å². The van der Waals surface area contributed by atoms with Gasteiger partial charge in [-0.1, -0.05) is 0 Å². The number of allylic oxidation sites excluding steroid dienone is 2. The maximum absolute atomic E-state index is 15.7. The van der Waals surface area contributed by atoms with Crippen LogP contribution in [-0.4, -0.2) is 60.1 Å². The molecular weight excluding hydrogens is 554 g/mol. The van der Waals surface area contributed by atoms with Crippen LogP contribution in [0.25, 0.3) is 31.3 Å². The number of alkyl halides is 6. The molecular formula is C29H30F6N2S2+2. The van der Waals surface area contributed by atoms with Crippen LogP contribution in [0.4, 0.5) is 37.7 Å². The second kappa shape index (κ2) is 8.31. The van der Waals surface area contributed by atoms with Crippen molar-refractivity contribution in [2.24, 2.45) is 0 Å². The molecule has 10 heteroatoms. The third-order valence-electron chi connectivity index (χ3n) is 7.42. The fourth-order valence-electron chi connectivity index (χ4n) is 5.26. The molecule has 0 atom stereocenters. The number of nitrogens with zero attached hydrogens (tertiary/aromatic N) is 2. The minimum Gasteiger partial charge on any atom is -0.298 e. The minimum absolute atomic E-state index is 0.235. The second-order valence-electron chi connectivity index (χ2n) is 11.9. The van der Waals surface area contributed by atoms with E-state index in [4.69, 9.17) is 0 Å². The van der Waals surface area contributed by atoms with Gasteiger partial charge in [0.25, 0.3) is 0 Å². The number of thiophene rings is 2. The maximum Gasteiger partial charge on any atom is 0.380 e. The summed E-state index contributed by atoms with van der Waals surface area (Å²) in [6.45, 7) is 3.04. The van der Waals surface area contributed by atoms with Gasteiger partial charge in [0, 0.05) is 64.3 Å². The van der Waals surface area contributed by atoms with Crippen molar-refractivity contribution in [3.8, 4) is 0 Å². The Kier molecular flexibility index (Phi) is 6.00.